The number of carbonyl (C=O) groups excluding carboxylic acids is 13. The van der Waals surface area contributed by atoms with Crippen LogP contribution in [-0.4, -0.2) is 249 Å². The Balaban J connectivity index is 1.24. The van der Waals surface area contributed by atoms with Crippen LogP contribution in [0.4, 0.5) is 0 Å². The molecule has 15 atom stereocenters. The van der Waals surface area contributed by atoms with Gasteiger partial charge < -0.3 is 121 Å². The van der Waals surface area contributed by atoms with Gasteiger partial charge in [0.1, 0.15) is 90.0 Å². The Morgan fingerprint density at radius 1 is 0.476 bits per heavy atom. The number of aliphatic hydroxyl groups is 1. The average Bonchev–Trinajstić information content (AvgIpc) is 1.62. The number of benzene rings is 3. The number of aliphatic imine (C=N–C) groups is 1. The number of aromatic hydroxyl groups is 2. The molecule has 41 heteroatoms. The number of aliphatic hydroxyl groups excluding tert-OH is 1. The molecule has 1 aliphatic heterocycles. The standard InChI is InChI=1S/C85H123N21O20/c1-11-48(10)70(105-78(119)62(35-51-23-27-55(109)28-24-51)100-80(121)68(46(6)7)103-72(113)57(19-15-29-91-85(87)88)94-71(112)56(86)38-67(110)111)82(123)101-64(37-53-40-90-43-93-53)83(124)106-30-16-20-66(106)79(120)98-60(33-49-17-13-12-14-18-49)74(115)97-63(36-52-39-89-42-92-52)76(117)95-58(31-44(2)3)73(114)96-59(32-45(4)5)77(118)104-69(47(8)9)81(122)99-61(34-50-21-25-54(108)26-22-50)75(116)102-65(41-107)84(125)126/h12-14,17-18,21-28,39-40,42-48,56-66,68-70,107-109H,11,15-16,19-20,29-38,41,86H2,1-10H3,(H,89,92)(H,90,93)(H,94,112)(H,95,117)(H,96,114)(H,97,115)(H,98,120)(H,99,122)(H,100,121)(H,101,123)(H,102,116)(H,103,113)(H,104,118)(H,105,119)(H,110,111)(H,125,126)(H4,87,88,91)/t48-,56-,57-,58-,59-,60-,61-,62-,63-,64-,65-,66-,68-,69-,70-/m0/s1. The van der Waals surface area contributed by atoms with E-state index in [4.69, 9.17) is 17.2 Å². The number of aliphatic carboxylic acids is 2. The normalized spacial score (nSPS) is 15.9. The summed E-state index contributed by atoms with van der Waals surface area (Å²) in [7, 11) is 0. The Labute approximate surface area is 729 Å². The van der Waals surface area contributed by atoms with E-state index in [0.29, 0.717) is 22.4 Å². The van der Waals surface area contributed by atoms with Crippen molar-refractivity contribution >= 4 is 94.7 Å². The van der Waals surface area contributed by atoms with Gasteiger partial charge in [-0.1, -0.05) is 130 Å². The highest BCUT2D eigenvalue weighted by atomic mass is 16.4. The number of likely N-dealkylation sites (tertiary alicyclic amines) is 1. The van der Waals surface area contributed by atoms with Crippen molar-refractivity contribution in [2.24, 2.45) is 51.8 Å². The molecule has 0 saturated carbocycles. The second-order valence-electron chi connectivity index (χ2n) is 33.0. The number of aromatic amines is 2. The number of H-pyrrole nitrogens is 2. The Hall–Kier alpha value is -13.1. The summed E-state index contributed by atoms with van der Waals surface area (Å²) in [5.41, 5.74) is 18.8. The molecular formula is C85H123N21O20. The number of nitrogens with two attached hydrogens (primary N) is 3. The minimum absolute atomic E-state index is 0.00267. The van der Waals surface area contributed by atoms with Crippen LogP contribution in [-0.2, 0) is 104 Å². The van der Waals surface area contributed by atoms with E-state index in [1.54, 1.807) is 99.6 Å². The first-order valence-electron chi connectivity index (χ1n) is 42.0. The Morgan fingerprint density at radius 3 is 1.30 bits per heavy atom. The van der Waals surface area contributed by atoms with Crippen molar-refractivity contribution in [2.75, 3.05) is 19.7 Å². The second kappa shape index (κ2) is 50.0. The number of phenolic OH excluding ortho intramolecular Hbond substituents is 2. The molecule has 0 radical (unpaired) electrons. The van der Waals surface area contributed by atoms with Gasteiger partial charge in [0, 0.05) is 57.6 Å². The molecule has 6 rings (SSSR count). The maximum absolute atomic E-state index is 15.4. The maximum atomic E-state index is 15.4. The fraction of sp³-hybridized carbons (Fsp3) is 0.529. The van der Waals surface area contributed by atoms with E-state index >= 15 is 24.0 Å². The van der Waals surface area contributed by atoms with Gasteiger partial charge in [-0.05, 0) is 109 Å². The molecule has 1 aliphatic rings. The average molecular weight is 1760 g/mol. The molecule has 0 bridgehead atoms. The summed E-state index contributed by atoms with van der Waals surface area (Å²) in [4.78, 5) is 233. The summed E-state index contributed by atoms with van der Waals surface area (Å²) in [5.74, 6) is -17.4. The van der Waals surface area contributed by atoms with Crippen molar-refractivity contribution < 1.29 is 97.5 Å². The highest BCUT2D eigenvalue weighted by Gasteiger charge is 2.43. The molecule has 1 fully saturated rings. The van der Waals surface area contributed by atoms with Gasteiger partial charge in [0.05, 0.1) is 43.1 Å². The summed E-state index contributed by atoms with van der Waals surface area (Å²) >= 11 is 0. The predicted octanol–water partition coefficient (Wildman–Crippen LogP) is -1.75. The van der Waals surface area contributed by atoms with Gasteiger partial charge in [0.2, 0.25) is 76.8 Å². The molecule has 0 unspecified atom stereocenters. The number of hydrogen-bond acceptors (Lipinski definition) is 22. The number of phenols is 2. The lowest BCUT2D eigenvalue weighted by Gasteiger charge is -2.32. The van der Waals surface area contributed by atoms with Crippen molar-refractivity contribution in [3.05, 3.63) is 132 Å². The van der Waals surface area contributed by atoms with Crippen LogP contribution in [0, 0.1) is 29.6 Å². The maximum Gasteiger partial charge on any atom is 0.328 e. The van der Waals surface area contributed by atoms with E-state index in [9.17, 15) is 73.5 Å². The number of nitrogens with zero attached hydrogens (tertiary/aromatic N) is 4. The molecule has 126 heavy (non-hydrogen) atoms. The number of guanidine groups is 1. The number of hydrogen-bond donors (Lipinski definition) is 22. The van der Waals surface area contributed by atoms with Crippen LogP contribution >= 0.6 is 0 Å². The molecule has 0 aliphatic carbocycles. The first-order chi connectivity index (χ1) is 59.6. The number of aromatic nitrogens is 4. The van der Waals surface area contributed by atoms with Gasteiger partial charge in [-0.25, -0.2) is 14.8 Å². The number of nitrogens with one attached hydrogen (secondary N) is 14. The smallest absolute Gasteiger partial charge is 0.328 e. The molecule has 13 amide bonds. The summed E-state index contributed by atoms with van der Waals surface area (Å²) in [6.07, 6.45) is 4.29. The molecule has 3 aromatic carbocycles. The fourth-order valence-electron chi connectivity index (χ4n) is 13.9. The molecule has 1 saturated heterocycles. The molecule has 688 valence electrons. The summed E-state index contributed by atoms with van der Waals surface area (Å²) in [5, 5.41) is 80.8. The molecule has 25 N–H and O–H groups in total. The zero-order valence-electron chi connectivity index (χ0n) is 72.5. The third-order valence-corrected chi connectivity index (χ3v) is 21.0. The molecule has 41 nitrogen and oxygen atoms in total. The first-order valence-corrected chi connectivity index (χ1v) is 42.0. The molecule has 5 aromatic rings. The fourth-order valence-corrected chi connectivity index (χ4v) is 13.9. The molecule has 0 spiro atoms. The molecular weight excluding hydrogens is 1640 g/mol. The third-order valence-electron chi connectivity index (χ3n) is 21.0. The van der Waals surface area contributed by atoms with Crippen molar-refractivity contribution in [3.63, 3.8) is 0 Å². The van der Waals surface area contributed by atoms with E-state index < -0.39 is 204 Å². The Kier molecular flexibility index (Phi) is 40.4. The number of carboxylic acids is 2. The van der Waals surface area contributed by atoms with Crippen molar-refractivity contribution in [1.29, 1.82) is 0 Å². The number of amides is 13. The predicted molar refractivity (Wildman–Crippen MR) is 459 cm³/mol. The topological polar surface area (TPSA) is 653 Å². The lowest BCUT2D eigenvalue weighted by atomic mass is 9.96. The number of imidazole rings is 2. The van der Waals surface area contributed by atoms with E-state index in [2.05, 4.69) is 88.7 Å². The highest BCUT2D eigenvalue weighted by molar-refractivity contribution is 6.01. The van der Waals surface area contributed by atoms with Crippen molar-refractivity contribution in [3.8, 4) is 11.5 Å². The lowest BCUT2D eigenvalue weighted by Crippen LogP contribution is -2.62. The second-order valence-corrected chi connectivity index (χ2v) is 33.0. The lowest BCUT2D eigenvalue weighted by molar-refractivity contribution is -0.143. The van der Waals surface area contributed by atoms with E-state index in [1.165, 1.54) is 78.5 Å². The zero-order chi connectivity index (χ0) is 93.2. The zero-order valence-corrected chi connectivity index (χ0v) is 72.5. The number of carboxylic acid groups (broad SMARTS) is 2. The van der Waals surface area contributed by atoms with Gasteiger partial charge in [0.25, 0.3) is 0 Å². The quantitative estimate of drug-likeness (QED) is 0.0117. The van der Waals surface area contributed by atoms with Crippen LogP contribution in [0.5, 0.6) is 11.5 Å². The van der Waals surface area contributed by atoms with Gasteiger partial charge >= 0.3 is 11.9 Å². The van der Waals surface area contributed by atoms with Gasteiger partial charge in [-0.2, -0.15) is 0 Å². The van der Waals surface area contributed by atoms with Crippen LogP contribution in [0.25, 0.3) is 0 Å². The minimum atomic E-state index is -1.74. The number of rotatable bonds is 51. The van der Waals surface area contributed by atoms with Crippen LogP contribution in [0.15, 0.2) is 109 Å². The number of carbonyl (C=O) groups is 15. The van der Waals surface area contributed by atoms with Gasteiger partial charge in [-0.3, -0.25) is 72.1 Å². The summed E-state index contributed by atoms with van der Waals surface area (Å²) in [6, 6.07) is -0.582. The Morgan fingerprint density at radius 2 is 0.865 bits per heavy atom. The van der Waals surface area contributed by atoms with E-state index in [1.807, 2.05) is 0 Å². The molecule has 2 aromatic heterocycles. The van der Waals surface area contributed by atoms with Crippen LogP contribution < -0.4 is 81.0 Å². The third kappa shape index (κ3) is 32.9. The van der Waals surface area contributed by atoms with E-state index in [0.717, 1.165) is 0 Å². The van der Waals surface area contributed by atoms with E-state index in [-0.39, 0.29) is 125 Å². The summed E-state index contributed by atoms with van der Waals surface area (Å²) in [6.45, 7) is 15.9. The van der Waals surface area contributed by atoms with Gasteiger partial charge in [-0.15, -0.1) is 0 Å². The van der Waals surface area contributed by atoms with Crippen molar-refractivity contribution in [2.45, 2.75) is 237 Å². The SMILES string of the molecule is CC[C@H](C)[C@H](NC(=O)[C@H](Cc1ccc(O)cc1)NC(=O)[C@@H](NC(=O)[C@H](CCCN=C(N)N)NC(=O)[C@@H](N)CC(=O)O)C(C)C)C(=O)N[C@@H](Cc1c[nH]cn1)C(=O)N1CCC[C@H]1C(=O)N[C@@H](Cc1ccccc1)C(=O)N[C@@H](Cc1c[nH]cn1)C(=O)N[C@@H](CC(C)C)C(=O)N[C@@H](CC(C)C)C(=O)N[C@H](C(=O)N[C@@H](Cc1ccc(O)cc1)C(=O)N[C@@H](CO)C(=O)O)C(C)C. The minimum Gasteiger partial charge on any atom is -0.508 e. The molecule has 3 heterocycles. The highest BCUT2D eigenvalue weighted by Crippen LogP contribution is 2.23. The van der Waals surface area contributed by atoms with Crippen molar-refractivity contribution in [1.82, 2.24) is 88.6 Å². The Bertz CT molecular complexity index is 4490. The first kappa shape index (κ1) is 102. The van der Waals surface area contributed by atoms with Crippen LogP contribution in [0.2, 0.25) is 0 Å². The largest absolute Gasteiger partial charge is 0.508 e. The summed E-state index contributed by atoms with van der Waals surface area (Å²) < 4.78 is 0. The van der Waals surface area contributed by atoms with Crippen LogP contribution in [0.3, 0.4) is 0 Å². The monoisotopic (exact) mass is 1760 g/mol. The van der Waals surface area contributed by atoms with Crippen LogP contribution in [0.1, 0.15) is 149 Å². The van der Waals surface area contributed by atoms with Gasteiger partial charge in [0.15, 0.2) is 5.96 Å².